The second kappa shape index (κ2) is 3.29. The lowest BCUT2D eigenvalue weighted by atomic mass is 9.96. The highest BCUT2D eigenvalue weighted by Gasteiger charge is 2.27. The summed E-state index contributed by atoms with van der Waals surface area (Å²) < 4.78 is 4.65. The number of hydrogen-bond donors (Lipinski definition) is 2. The molecule has 1 heterocycles. The van der Waals surface area contributed by atoms with Gasteiger partial charge in [-0.05, 0) is 18.2 Å². The number of ether oxygens (including phenoxy) is 1. The van der Waals surface area contributed by atoms with Gasteiger partial charge in [-0.25, -0.2) is 9.59 Å². The molecule has 0 bridgehead atoms. The molecule has 0 radical (unpaired) electrons. The lowest BCUT2D eigenvalue weighted by Gasteiger charge is -2.16. The van der Waals surface area contributed by atoms with Crippen LogP contribution in [-0.2, 0) is 4.74 Å². The molecule has 0 saturated heterocycles. The van der Waals surface area contributed by atoms with E-state index in [0.717, 1.165) is 5.39 Å². The second-order valence-corrected chi connectivity index (χ2v) is 3.71. The fraction of sp³-hybridized carbons (Fsp3) is 0. The van der Waals surface area contributed by atoms with Crippen molar-refractivity contribution in [3.63, 3.8) is 0 Å². The van der Waals surface area contributed by atoms with Gasteiger partial charge in [-0.2, -0.15) is 0 Å². The Labute approximate surface area is 96.1 Å². The van der Waals surface area contributed by atoms with Crippen LogP contribution in [0.15, 0.2) is 30.3 Å². The molecule has 2 aromatic rings. The molecule has 0 aromatic heterocycles. The molecular formula is C12H8N2O3. The lowest BCUT2D eigenvalue weighted by molar-refractivity contribution is 0.0391. The Morgan fingerprint density at radius 3 is 2.41 bits per heavy atom. The van der Waals surface area contributed by atoms with Crippen molar-refractivity contribution >= 4 is 28.4 Å². The molecule has 0 unspecified atom stereocenters. The predicted octanol–water partition coefficient (Wildman–Crippen LogP) is 1.44. The summed E-state index contributed by atoms with van der Waals surface area (Å²) in [6, 6.07) is 8.41. The van der Waals surface area contributed by atoms with E-state index in [4.69, 9.17) is 5.84 Å². The Bertz CT molecular complexity index is 644. The molecule has 2 aromatic carbocycles. The number of nitrogen functional groups attached to an aromatic ring is 1. The van der Waals surface area contributed by atoms with Crippen molar-refractivity contribution < 1.29 is 14.3 Å². The number of rotatable bonds is 1. The van der Waals surface area contributed by atoms with E-state index in [1.807, 2.05) is 0 Å². The van der Waals surface area contributed by atoms with Gasteiger partial charge in [0, 0.05) is 10.8 Å². The third kappa shape index (κ3) is 1.23. The van der Waals surface area contributed by atoms with Gasteiger partial charge in [0.2, 0.25) is 0 Å². The SMILES string of the molecule is NNc1ccc2c3c(cccc13)C(=O)OC2=O. The van der Waals surface area contributed by atoms with Gasteiger partial charge in [0.1, 0.15) is 0 Å². The minimum Gasteiger partial charge on any atom is -0.386 e. The summed E-state index contributed by atoms with van der Waals surface area (Å²) in [5.74, 6) is 4.15. The monoisotopic (exact) mass is 228 g/mol. The normalized spacial score (nSPS) is 13.7. The number of hydrazine groups is 1. The highest BCUT2D eigenvalue weighted by Crippen LogP contribution is 2.32. The van der Waals surface area contributed by atoms with Crippen molar-refractivity contribution in [1.82, 2.24) is 0 Å². The average molecular weight is 228 g/mol. The minimum atomic E-state index is -0.623. The van der Waals surface area contributed by atoms with E-state index in [2.05, 4.69) is 10.2 Å². The first kappa shape index (κ1) is 9.80. The maximum atomic E-state index is 11.6. The summed E-state index contributed by atoms with van der Waals surface area (Å²) in [6.45, 7) is 0. The number of nitrogens with two attached hydrogens (primary N) is 1. The third-order valence-corrected chi connectivity index (χ3v) is 2.82. The molecule has 3 rings (SSSR count). The highest BCUT2D eigenvalue weighted by atomic mass is 16.6. The number of nitrogens with one attached hydrogen (secondary N) is 1. The Morgan fingerprint density at radius 2 is 1.71 bits per heavy atom. The number of anilines is 1. The molecular weight excluding hydrogens is 220 g/mol. The zero-order chi connectivity index (χ0) is 12.0. The van der Waals surface area contributed by atoms with Crippen LogP contribution in [0, 0.1) is 0 Å². The zero-order valence-electron chi connectivity index (χ0n) is 8.69. The molecule has 1 aliphatic heterocycles. The van der Waals surface area contributed by atoms with Crippen LogP contribution < -0.4 is 11.3 Å². The molecule has 0 aliphatic carbocycles. The summed E-state index contributed by atoms with van der Waals surface area (Å²) in [4.78, 5) is 23.2. The van der Waals surface area contributed by atoms with Crippen molar-refractivity contribution in [3.05, 3.63) is 41.5 Å². The second-order valence-electron chi connectivity index (χ2n) is 3.71. The van der Waals surface area contributed by atoms with Gasteiger partial charge in [-0.15, -0.1) is 0 Å². The molecule has 0 fully saturated rings. The van der Waals surface area contributed by atoms with Gasteiger partial charge in [-0.1, -0.05) is 12.1 Å². The van der Waals surface area contributed by atoms with E-state index in [-0.39, 0.29) is 0 Å². The molecule has 0 atom stereocenters. The topological polar surface area (TPSA) is 81.4 Å². The molecule has 17 heavy (non-hydrogen) atoms. The van der Waals surface area contributed by atoms with Gasteiger partial charge >= 0.3 is 11.9 Å². The van der Waals surface area contributed by atoms with Crippen molar-refractivity contribution in [1.29, 1.82) is 0 Å². The number of esters is 2. The van der Waals surface area contributed by atoms with Crippen molar-refractivity contribution in [2.75, 3.05) is 5.43 Å². The van der Waals surface area contributed by atoms with E-state index in [1.54, 1.807) is 30.3 Å². The van der Waals surface area contributed by atoms with Gasteiger partial charge in [-0.3, -0.25) is 5.84 Å². The summed E-state index contributed by atoms with van der Waals surface area (Å²) in [5, 5.41) is 1.32. The van der Waals surface area contributed by atoms with Gasteiger partial charge in [0.25, 0.3) is 0 Å². The van der Waals surface area contributed by atoms with E-state index < -0.39 is 11.9 Å². The number of carbonyl (C=O) groups is 2. The number of carbonyl (C=O) groups excluding carboxylic acids is 2. The highest BCUT2D eigenvalue weighted by molar-refractivity contribution is 6.22. The number of hydrogen-bond acceptors (Lipinski definition) is 5. The molecule has 0 saturated carbocycles. The van der Waals surface area contributed by atoms with Crippen LogP contribution in [0.2, 0.25) is 0 Å². The standard InChI is InChI=1S/C12H8N2O3/c13-14-9-5-4-8-10-6(9)2-1-3-7(10)11(15)17-12(8)16/h1-5,14H,13H2. The average Bonchev–Trinajstić information content (AvgIpc) is 2.35. The van der Waals surface area contributed by atoms with E-state index in [0.29, 0.717) is 22.2 Å². The van der Waals surface area contributed by atoms with Crippen molar-refractivity contribution in [2.24, 2.45) is 5.84 Å². The molecule has 3 N–H and O–H groups in total. The van der Waals surface area contributed by atoms with Crippen molar-refractivity contribution in [3.8, 4) is 0 Å². The molecule has 1 aliphatic rings. The summed E-state index contributed by atoms with van der Waals surface area (Å²) >= 11 is 0. The first-order valence-electron chi connectivity index (χ1n) is 5.01. The van der Waals surface area contributed by atoms with E-state index in [9.17, 15) is 9.59 Å². The Kier molecular flexibility index (Phi) is 1.90. The molecule has 5 heteroatoms. The number of cyclic esters (lactones) is 2. The fourth-order valence-electron chi connectivity index (χ4n) is 2.07. The van der Waals surface area contributed by atoms with Crippen LogP contribution in [0.25, 0.3) is 10.8 Å². The molecule has 5 nitrogen and oxygen atoms in total. The smallest absolute Gasteiger partial charge is 0.346 e. The Morgan fingerprint density at radius 1 is 1.00 bits per heavy atom. The maximum Gasteiger partial charge on any atom is 0.346 e. The van der Waals surface area contributed by atoms with Crippen LogP contribution in [0.5, 0.6) is 0 Å². The summed E-state index contributed by atoms with van der Waals surface area (Å²) in [7, 11) is 0. The predicted molar refractivity (Wildman–Crippen MR) is 61.5 cm³/mol. The Balaban J connectivity index is 2.51. The van der Waals surface area contributed by atoms with Crippen LogP contribution in [0.1, 0.15) is 20.7 Å². The lowest BCUT2D eigenvalue weighted by Crippen LogP contribution is -2.20. The van der Waals surface area contributed by atoms with Crippen LogP contribution >= 0.6 is 0 Å². The molecule has 84 valence electrons. The van der Waals surface area contributed by atoms with Gasteiger partial charge in [0.05, 0.1) is 16.8 Å². The largest absolute Gasteiger partial charge is 0.386 e. The van der Waals surface area contributed by atoms with Crippen molar-refractivity contribution in [2.45, 2.75) is 0 Å². The zero-order valence-corrected chi connectivity index (χ0v) is 8.69. The third-order valence-electron chi connectivity index (χ3n) is 2.82. The summed E-state index contributed by atoms with van der Waals surface area (Å²) in [5.41, 5.74) is 3.97. The molecule has 0 amide bonds. The minimum absolute atomic E-state index is 0.384. The van der Waals surface area contributed by atoms with Gasteiger partial charge in [0.15, 0.2) is 0 Å². The van der Waals surface area contributed by atoms with Gasteiger partial charge < -0.3 is 10.2 Å². The summed E-state index contributed by atoms with van der Waals surface area (Å²) in [6.07, 6.45) is 0. The first-order valence-corrected chi connectivity index (χ1v) is 5.01. The fourth-order valence-corrected chi connectivity index (χ4v) is 2.07. The maximum absolute atomic E-state index is 11.6. The van der Waals surface area contributed by atoms with Crippen LogP contribution in [-0.4, -0.2) is 11.9 Å². The first-order chi connectivity index (χ1) is 8.22. The van der Waals surface area contributed by atoms with E-state index >= 15 is 0 Å². The Hall–Kier alpha value is -2.40. The molecule has 0 spiro atoms. The van der Waals surface area contributed by atoms with E-state index in [1.165, 1.54) is 0 Å². The number of benzene rings is 2. The van der Waals surface area contributed by atoms with Crippen LogP contribution in [0.4, 0.5) is 5.69 Å². The quantitative estimate of drug-likeness (QED) is 0.334. The van der Waals surface area contributed by atoms with Crippen LogP contribution in [0.3, 0.4) is 0 Å².